The van der Waals surface area contributed by atoms with Crippen LogP contribution in [0.2, 0.25) is 0 Å². The molecule has 3 nitrogen and oxygen atoms in total. The maximum atomic E-state index is 12.6. The molecule has 1 saturated heterocycles. The highest BCUT2D eigenvalue weighted by Crippen LogP contribution is 2.30. The van der Waals surface area contributed by atoms with Crippen LogP contribution in [-0.4, -0.2) is 23.3 Å². The zero-order chi connectivity index (χ0) is 21.0. The van der Waals surface area contributed by atoms with Gasteiger partial charge in [0, 0.05) is 30.1 Å². The fourth-order valence-electron chi connectivity index (χ4n) is 3.49. The summed E-state index contributed by atoms with van der Waals surface area (Å²) in [6.07, 6.45) is -0.496. The van der Waals surface area contributed by atoms with Crippen molar-refractivity contribution >= 4 is 17.4 Å². The third-order valence-electron chi connectivity index (χ3n) is 5.19. The van der Waals surface area contributed by atoms with Crippen LogP contribution in [0.1, 0.15) is 30.4 Å². The van der Waals surface area contributed by atoms with Crippen molar-refractivity contribution in [1.29, 1.82) is 0 Å². The number of piperidine rings is 1. The molecule has 2 heterocycles. The molecular weight excluding hydrogens is 407 g/mol. The van der Waals surface area contributed by atoms with Crippen molar-refractivity contribution in [1.82, 2.24) is 10.2 Å². The molecule has 0 unspecified atom stereocenters. The second-order valence-electron chi connectivity index (χ2n) is 7.33. The smallest absolute Gasteiger partial charge is 0.372 e. The third-order valence-corrected chi connectivity index (χ3v) is 6.18. The Hall–Kier alpha value is -2.54. The first-order valence-electron chi connectivity index (χ1n) is 9.97. The average Bonchev–Trinajstić information content (AvgIpc) is 2.78. The van der Waals surface area contributed by atoms with Gasteiger partial charge in [-0.1, -0.05) is 36.0 Å². The van der Waals surface area contributed by atoms with Crippen molar-refractivity contribution in [2.45, 2.75) is 36.2 Å². The molecule has 1 aromatic heterocycles. The van der Waals surface area contributed by atoms with E-state index >= 15 is 0 Å². The summed E-state index contributed by atoms with van der Waals surface area (Å²) in [5.74, 6) is 0.538. The van der Waals surface area contributed by atoms with E-state index < -0.39 is 11.7 Å². The van der Waals surface area contributed by atoms with Crippen molar-refractivity contribution in [2.75, 3.05) is 18.0 Å². The molecule has 0 atom stereocenters. The van der Waals surface area contributed by atoms with Crippen LogP contribution in [0.3, 0.4) is 0 Å². The lowest BCUT2D eigenvalue weighted by Gasteiger charge is -2.28. The molecule has 2 aromatic carbocycles. The van der Waals surface area contributed by atoms with E-state index in [-0.39, 0.29) is 0 Å². The molecule has 0 aliphatic carbocycles. The molecule has 1 aliphatic rings. The molecule has 3 aromatic rings. The Kier molecular flexibility index (Phi) is 6.27. The summed E-state index contributed by atoms with van der Waals surface area (Å²) < 4.78 is 37.9. The van der Waals surface area contributed by atoms with Gasteiger partial charge in [-0.25, -0.2) is 0 Å². The van der Waals surface area contributed by atoms with Gasteiger partial charge in [0.1, 0.15) is 5.03 Å². The maximum absolute atomic E-state index is 12.6. The number of nitrogens with zero attached hydrogens (tertiary/aromatic N) is 3. The van der Waals surface area contributed by atoms with Crippen LogP contribution in [0.5, 0.6) is 0 Å². The zero-order valence-electron chi connectivity index (χ0n) is 16.4. The van der Waals surface area contributed by atoms with E-state index in [0.29, 0.717) is 5.75 Å². The molecule has 0 N–H and O–H groups in total. The monoisotopic (exact) mass is 429 g/mol. The van der Waals surface area contributed by atoms with Crippen LogP contribution in [0.4, 0.5) is 18.9 Å². The van der Waals surface area contributed by atoms with Crippen molar-refractivity contribution in [3.63, 3.8) is 0 Å². The Morgan fingerprint density at radius 1 is 0.800 bits per heavy atom. The van der Waals surface area contributed by atoms with Gasteiger partial charge in [0.05, 0.1) is 11.3 Å². The van der Waals surface area contributed by atoms with Crippen molar-refractivity contribution in [2.24, 2.45) is 0 Å². The largest absolute Gasteiger partial charge is 0.416 e. The summed E-state index contributed by atoms with van der Waals surface area (Å²) in [6, 6.07) is 17.5. The van der Waals surface area contributed by atoms with Crippen LogP contribution >= 0.6 is 11.8 Å². The first-order valence-corrected chi connectivity index (χ1v) is 11.0. The molecular formula is C23H22F3N3S. The molecule has 0 bridgehead atoms. The lowest BCUT2D eigenvalue weighted by atomic mass is 10.1. The molecule has 0 radical (unpaired) electrons. The standard InChI is InChI=1S/C23H22F3N3S/c24-23(25,26)19-8-4-17(5-9-19)16-30-22-13-12-21(27-28-22)18-6-10-20(11-7-18)29-14-2-1-3-15-29/h4-13H,1-3,14-16H2. The average molecular weight is 430 g/mol. The Morgan fingerprint density at radius 2 is 1.50 bits per heavy atom. The van der Waals surface area contributed by atoms with Gasteiger partial charge >= 0.3 is 6.18 Å². The first kappa shape index (κ1) is 20.7. The highest BCUT2D eigenvalue weighted by Gasteiger charge is 2.29. The first-order chi connectivity index (χ1) is 14.5. The van der Waals surface area contributed by atoms with Gasteiger partial charge in [0.15, 0.2) is 0 Å². The predicted molar refractivity (Wildman–Crippen MR) is 115 cm³/mol. The highest BCUT2D eigenvalue weighted by atomic mass is 32.2. The molecule has 1 fully saturated rings. The van der Waals surface area contributed by atoms with Crippen LogP contribution in [-0.2, 0) is 11.9 Å². The zero-order valence-corrected chi connectivity index (χ0v) is 17.2. The van der Waals surface area contributed by atoms with Crippen LogP contribution in [0.25, 0.3) is 11.3 Å². The molecule has 1 aliphatic heterocycles. The van der Waals surface area contributed by atoms with Gasteiger partial charge in [-0.15, -0.1) is 10.2 Å². The molecule has 0 spiro atoms. The number of rotatable bonds is 5. The Morgan fingerprint density at radius 3 is 2.10 bits per heavy atom. The third kappa shape index (κ3) is 5.14. The van der Waals surface area contributed by atoms with Crippen molar-refractivity contribution in [3.05, 3.63) is 71.8 Å². The van der Waals surface area contributed by atoms with E-state index in [1.165, 1.54) is 48.8 Å². The van der Waals surface area contributed by atoms with Crippen LogP contribution < -0.4 is 4.90 Å². The molecule has 7 heteroatoms. The van der Waals surface area contributed by atoms with Gasteiger partial charge in [0.2, 0.25) is 0 Å². The summed E-state index contributed by atoms with van der Waals surface area (Å²) in [6.45, 7) is 2.23. The summed E-state index contributed by atoms with van der Waals surface area (Å²) in [5.41, 5.74) is 3.25. The number of hydrogen-bond donors (Lipinski definition) is 0. The minimum absolute atomic E-state index is 0.538. The van der Waals surface area contributed by atoms with Gasteiger partial charge in [-0.2, -0.15) is 13.2 Å². The number of anilines is 1. The van der Waals surface area contributed by atoms with E-state index in [2.05, 4.69) is 39.4 Å². The molecule has 0 saturated carbocycles. The van der Waals surface area contributed by atoms with Crippen LogP contribution in [0.15, 0.2) is 65.7 Å². The van der Waals surface area contributed by atoms with E-state index in [4.69, 9.17) is 0 Å². The van der Waals surface area contributed by atoms with Gasteiger partial charge in [-0.3, -0.25) is 0 Å². The van der Waals surface area contributed by atoms with Gasteiger partial charge < -0.3 is 4.90 Å². The highest BCUT2D eigenvalue weighted by molar-refractivity contribution is 7.98. The van der Waals surface area contributed by atoms with Crippen molar-refractivity contribution in [3.8, 4) is 11.3 Å². The minimum atomic E-state index is -4.31. The number of alkyl halides is 3. The molecule has 0 amide bonds. The number of halogens is 3. The van der Waals surface area contributed by atoms with E-state index in [1.54, 1.807) is 0 Å². The summed E-state index contributed by atoms with van der Waals surface area (Å²) in [7, 11) is 0. The quantitative estimate of drug-likeness (QED) is 0.436. The van der Waals surface area contributed by atoms with Gasteiger partial charge in [0.25, 0.3) is 0 Å². The minimum Gasteiger partial charge on any atom is -0.372 e. The second kappa shape index (κ2) is 9.08. The number of aromatic nitrogens is 2. The SMILES string of the molecule is FC(F)(F)c1ccc(CSc2ccc(-c3ccc(N4CCCCC4)cc3)nn2)cc1. The lowest BCUT2D eigenvalue weighted by Crippen LogP contribution is -2.29. The summed E-state index contributed by atoms with van der Waals surface area (Å²) in [4.78, 5) is 2.42. The Labute approximate surface area is 178 Å². The number of thioether (sulfide) groups is 1. The second-order valence-corrected chi connectivity index (χ2v) is 8.33. The fourth-order valence-corrected chi connectivity index (χ4v) is 4.26. The molecule has 4 rings (SSSR count). The lowest BCUT2D eigenvalue weighted by molar-refractivity contribution is -0.137. The Bertz CT molecular complexity index is 949. The number of benzene rings is 2. The Balaban J connectivity index is 1.35. The van der Waals surface area contributed by atoms with Crippen molar-refractivity contribution < 1.29 is 13.2 Å². The maximum Gasteiger partial charge on any atom is 0.416 e. The fraction of sp³-hybridized carbons (Fsp3) is 0.304. The number of hydrogen-bond acceptors (Lipinski definition) is 4. The van der Waals surface area contributed by atoms with Crippen LogP contribution in [0, 0.1) is 0 Å². The van der Waals surface area contributed by atoms with E-state index in [0.717, 1.165) is 47.1 Å². The summed E-state index contributed by atoms with van der Waals surface area (Å²) >= 11 is 1.45. The normalized spacial score (nSPS) is 14.7. The topological polar surface area (TPSA) is 29.0 Å². The summed E-state index contributed by atoms with van der Waals surface area (Å²) in [5, 5.41) is 9.32. The predicted octanol–water partition coefficient (Wildman–Crippen LogP) is 6.45. The molecule has 156 valence electrons. The van der Waals surface area contributed by atoms with E-state index in [1.807, 2.05) is 12.1 Å². The van der Waals surface area contributed by atoms with Gasteiger partial charge in [-0.05, 0) is 61.2 Å². The van der Waals surface area contributed by atoms with E-state index in [9.17, 15) is 13.2 Å². The molecule has 30 heavy (non-hydrogen) atoms.